The fraction of sp³-hybridized carbons (Fsp3) is 0.429. The third kappa shape index (κ3) is 3.26. The van der Waals surface area contributed by atoms with Crippen LogP contribution in [0.15, 0.2) is 28.8 Å². The van der Waals surface area contributed by atoms with Crippen LogP contribution in [0.25, 0.3) is 0 Å². The Bertz CT molecular complexity index is 668. The summed E-state index contributed by atoms with van der Waals surface area (Å²) in [4.78, 5) is 14.7. The lowest BCUT2D eigenvalue weighted by molar-refractivity contribution is -0.384. The smallest absolute Gasteiger partial charge is 0.269 e. The molecule has 0 bridgehead atoms. The third-order valence-electron chi connectivity index (χ3n) is 3.89. The van der Waals surface area contributed by atoms with Gasteiger partial charge in [-0.25, -0.2) is 0 Å². The van der Waals surface area contributed by atoms with Gasteiger partial charge in [0.2, 0.25) is 5.89 Å². The van der Waals surface area contributed by atoms with Crippen molar-refractivity contribution in [2.24, 2.45) is 5.73 Å². The summed E-state index contributed by atoms with van der Waals surface area (Å²) in [6.07, 6.45) is 4.24. The molecular weight excluding hydrogens is 308 g/mol. The monoisotopic (exact) mass is 324 g/mol. The molecule has 1 fully saturated rings. The normalized spacial score (nSPS) is 16.2. The van der Waals surface area contributed by atoms with Crippen LogP contribution in [0.2, 0.25) is 0 Å². The minimum atomic E-state index is -0.482. The topological polar surface area (TPSA) is 108 Å². The van der Waals surface area contributed by atoms with Gasteiger partial charge in [-0.3, -0.25) is 10.1 Å². The van der Waals surface area contributed by atoms with Crippen LogP contribution in [0, 0.1) is 10.1 Å². The van der Waals surface area contributed by atoms with E-state index in [4.69, 9.17) is 10.3 Å². The first-order valence-corrected chi connectivity index (χ1v) is 6.92. The average molecular weight is 325 g/mol. The van der Waals surface area contributed by atoms with E-state index in [1.54, 1.807) is 12.1 Å². The van der Waals surface area contributed by atoms with Gasteiger partial charge in [-0.05, 0) is 18.4 Å². The van der Waals surface area contributed by atoms with E-state index in [0.29, 0.717) is 18.1 Å². The molecule has 2 N–H and O–H groups in total. The number of nitrogens with zero attached hydrogens (tertiary/aromatic N) is 3. The van der Waals surface area contributed by atoms with Crippen LogP contribution in [0.1, 0.15) is 43.0 Å². The Morgan fingerprint density at radius 3 is 2.77 bits per heavy atom. The zero-order valence-corrected chi connectivity index (χ0v) is 12.7. The van der Waals surface area contributed by atoms with Crippen LogP contribution in [-0.4, -0.2) is 15.1 Å². The van der Waals surface area contributed by atoms with Gasteiger partial charge in [-0.1, -0.05) is 30.1 Å². The van der Waals surface area contributed by atoms with E-state index in [-0.39, 0.29) is 18.1 Å². The molecule has 0 atom stereocenters. The Balaban J connectivity index is 0.00000176. The molecule has 1 saturated carbocycles. The van der Waals surface area contributed by atoms with Crippen LogP contribution in [0.5, 0.6) is 0 Å². The fourth-order valence-electron chi connectivity index (χ4n) is 2.71. The lowest BCUT2D eigenvalue weighted by Crippen LogP contribution is -2.34. The number of aromatic nitrogens is 2. The van der Waals surface area contributed by atoms with Crippen LogP contribution in [-0.2, 0) is 12.0 Å². The summed E-state index contributed by atoms with van der Waals surface area (Å²) in [5.74, 6) is 0.975. The highest BCUT2D eigenvalue weighted by Gasteiger charge is 2.35. The Morgan fingerprint density at radius 2 is 2.09 bits per heavy atom. The van der Waals surface area contributed by atoms with Crippen molar-refractivity contribution in [1.29, 1.82) is 0 Å². The first-order valence-electron chi connectivity index (χ1n) is 6.92. The van der Waals surface area contributed by atoms with Crippen LogP contribution < -0.4 is 5.73 Å². The number of hydrogen-bond acceptors (Lipinski definition) is 6. The first-order chi connectivity index (χ1) is 10.1. The van der Waals surface area contributed by atoms with Gasteiger partial charge in [-0.2, -0.15) is 4.98 Å². The van der Waals surface area contributed by atoms with Gasteiger partial charge in [0.1, 0.15) is 0 Å². The van der Waals surface area contributed by atoms with Crippen LogP contribution in [0.4, 0.5) is 5.69 Å². The summed E-state index contributed by atoms with van der Waals surface area (Å²) in [7, 11) is 0. The Morgan fingerprint density at radius 1 is 1.36 bits per heavy atom. The third-order valence-corrected chi connectivity index (χ3v) is 3.89. The van der Waals surface area contributed by atoms with Gasteiger partial charge < -0.3 is 10.3 Å². The number of nitro benzene ring substituents is 1. The maximum atomic E-state index is 10.8. The van der Waals surface area contributed by atoms with Crippen molar-refractivity contribution < 1.29 is 9.45 Å². The highest BCUT2D eigenvalue weighted by molar-refractivity contribution is 5.85. The average Bonchev–Trinajstić information content (AvgIpc) is 3.09. The minimum Gasteiger partial charge on any atom is -0.339 e. The molecular formula is C14H17ClN4O3. The molecule has 7 nitrogen and oxygen atoms in total. The zero-order chi connectivity index (χ0) is 14.9. The lowest BCUT2D eigenvalue weighted by Gasteiger charge is -2.17. The molecule has 0 saturated heterocycles. The van der Waals surface area contributed by atoms with Crippen molar-refractivity contribution in [3.8, 4) is 0 Å². The molecule has 0 unspecified atom stereocenters. The summed E-state index contributed by atoms with van der Waals surface area (Å²) in [5, 5.41) is 14.7. The van der Waals surface area contributed by atoms with Crippen molar-refractivity contribution in [2.75, 3.05) is 0 Å². The second-order valence-electron chi connectivity index (χ2n) is 5.48. The van der Waals surface area contributed by atoms with E-state index in [0.717, 1.165) is 31.2 Å². The highest BCUT2D eigenvalue weighted by atomic mass is 35.5. The Hall–Kier alpha value is -1.99. The molecule has 1 aromatic heterocycles. The summed E-state index contributed by atoms with van der Waals surface area (Å²) in [6, 6.07) is 6.41. The zero-order valence-electron chi connectivity index (χ0n) is 11.9. The molecule has 118 valence electrons. The molecule has 1 heterocycles. The number of rotatable bonds is 4. The standard InChI is InChI=1S/C14H16N4O3.ClH/c15-14(6-1-2-7-14)13-16-12(21-17-13)9-10-4-3-5-11(8-10)18(19)20;/h3-5,8H,1-2,6-7,9,15H2;1H. The Labute approximate surface area is 133 Å². The molecule has 0 spiro atoms. The van der Waals surface area contributed by atoms with E-state index < -0.39 is 10.5 Å². The minimum absolute atomic E-state index is 0. The van der Waals surface area contributed by atoms with Gasteiger partial charge in [-0.15, -0.1) is 12.4 Å². The fourth-order valence-corrected chi connectivity index (χ4v) is 2.71. The van der Waals surface area contributed by atoms with Crippen molar-refractivity contribution in [2.45, 2.75) is 37.6 Å². The first kappa shape index (κ1) is 16.4. The summed E-state index contributed by atoms with van der Waals surface area (Å²) < 4.78 is 5.24. The number of nitro groups is 1. The van der Waals surface area contributed by atoms with Crippen molar-refractivity contribution in [3.63, 3.8) is 0 Å². The molecule has 1 aliphatic rings. The molecule has 3 rings (SSSR count). The van der Waals surface area contributed by atoms with E-state index in [1.807, 2.05) is 0 Å². The van der Waals surface area contributed by atoms with E-state index >= 15 is 0 Å². The molecule has 1 aliphatic carbocycles. The van der Waals surface area contributed by atoms with E-state index in [2.05, 4.69) is 10.1 Å². The van der Waals surface area contributed by atoms with Crippen LogP contribution >= 0.6 is 12.4 Å². The van der Waals surface area contributed by atoms with Gasteiger partial charge in [0.25, 0.3) is 5.69 Å². The molecule has 22 heavy (non-hydrogen) atoms. The highest BCUT2D eigenvalue weighted by Crippen LogP contribution is 2.34. The quantitative estimate of drug-likeness (QED) is 0.684. The number of nitrogens with two attached hydrogens (primary N) is 1. The van der Waals surface area contributed by atoms with Gasteiger partial charge in [0.15, 0.2) is 5.82 Å². The second kappa shape index (κ2) is 6.41. The number of hydrogen-bond donors (Lipinski definition) is 1. The van der Waals surface area contributed by atoms with Gasteiger partial charge >= 0.3 is 0 Å². The molecule has 0 aliphatic heterocycles. The maximum Gasteiger partial charge on any atom is 0.269 e. The predicted molar refractivity (Wildman–Crippen MR) is 81.8 cm³/mol. The van der Waals surface area contributed by atoms with E-state index in [1.165, 1.54) is 12.1 Å². The largest absolute Gasteiger partial charge is 0.339 e. The molecule has 0 radical (unpaired) electrons. The summed E-state index contributed by atoms with van der Waals surface area (Å²) in [6.45, 7) is 0. The molecule has 8 heteroatoms. The Kier molecular flexibility index (Phi) is 4.77. The lowest BCUT2D eigenvalue weighted by atomic mass is 9.99. The van der Waals surface area contributed by atoms with Gasteiger partial charge in [0, 0.05) is 12.1 Å². The summed E-state index contributed by atoms with van der Waals surface area (Å²) in [5.41, 5.74) is 6.61. The van der Waals surface area contributed by atoms with Crippen molar-refractivity contribution in [3.05, 3.63) is 51.7 Å². The number of benzene rings is 1. The SMILES string of the molecule is Cl.NC1(c2noc(Cc3cccc([N+](=O)[O-])c3)n2)CCCC1. The predicted octanol–water partition coefficient (Wildman–Crippen LogP) is 2.72. The number of halogens is 1. The summed E-state index contributed by atoms with van der Waals surface area (Å²) >= 11 is 0. The van der Waals surface area contributed by atoms with Crippen molar-refractivity contribution >= 4 is 18.1 Å². The number of non-ortho nitro benzene ring substituents is 1. The maximum absolute atomic E-state index is 10.8. The van der Waals surface area contributed by atoms with E-state index in [9.17, 15) is 10.1 Å². The molecule has 0 amide bonds. The molecule has 1 aromatic carbocycles. The second-order valence-corrected chi connectivity index (χ2v) is 5.48. The molecule has 2 aromatic rings. The van der Waals surface area contributed by atoms with Crippen molar-refractivity contribution in [1.82, 2.24) is 10.1 Å². The van der Waals surface area contributed by atoms with Gasteiger partial charge in [0.05, 0.1) is 16.9 Å². The van der Waals surface area contributed by atoms with Crippen LogP contribution in [0.3, 0.4) is 0 Å².